The van der Waals surface area contributed by atoms with Gasteiger partial charge in [0.05, 0.1) is 0 Å². The number of carbonyl (C=O) groups excluding carboxylic acids is 1. The summed E-state index contributed by atoms with van der Waals surface area (Å²) in [5.41, 5.74) is 1.18. The Kier molecular flexibility index (Phi) is 4.26. The number of pyridine rings is 1. The summed E-state index contributed by atoms with van der Waals surface area (Å²) in [6.07, 6.45) is 5.00. The van der Waals surface area contributed by atoms with Crippen LogP contribution in [-0.4, -0.2) is 17.8 Å². The van der Waals surface area contributed by atoms with Crippen LogP contribution in [-0.2, 0) is 4.79 Å². The molecule has 0 saturated carbocycles. The van der Waals surface area contributed by atoms with E-state index in [4.69, 9.17) is 0 Å². The molecule has 1 rings (SSSR count). The number of hydrogen-bond donors (Lipinski definition) is 1. The highest BCUT2D eigenvalue weighted by atomic mass is 16.1. The van der Waals surface area contributed by atoms with Gasteiger partial charge in [-0.2, -0.15) is 0 Å². The largest absolute Gasteiger partial charge is 0.313 e. The molecule has 0 spiro atoms. The molecule has 0 radical (unpaired) electrons. The summed E-state index contributed by atoms with van der Waals surface area (Å²) >= 11 is 0. The molecule has 0 aliphatic heterocycles. The summed E-state index contributed by atoms with van der Waals surface area (Å²) < 4.78 is 0. The predicted molar refractivity (Wildman–Crippen MR) is 56.0 cm³/mol. The smallest absolute Gasteiger partial charge is 0.129 e. The van der Waals surface area contributed by atoms with Crippen molar-refractivity contribution >= 4 is 5.78 Å². The van der Waals surface area contributed by atoms with Gasteiger partial charge < -0.3 is 10.1 Å². The van der Waals surface area contributed by atoms with Crippen LogP contribution in [0.4, 0.5) is 0 Å². The molecule has 76 valence electrons. The van der Waals surface area contributed by atoms with Gasteiger partial charge in [-0.25, -0.2) is 0 Å². The molecule has 0 aromatic carbocycles. The Morgan fingerprint density at radius 3 is 2.64 bits per heavy atom. The zero-order valence-corrected chi connectivity index (χ0v) is 8.66. The fourth-order valence-corrected chi connectivity index (χ4v) is 1.42. The van der Waals surface area contributed by atoms with Crippen LogP contribution < -0.4 is 5.32 Å². The van der Waals surface area contributed by atoms with Crippen molar-refractivity contribution in [2.45, 2.75) is 25.8 Å². The number of rotatable bonds is 5. The minimum atomic E-state index is 0.235. The van der Waals surface area contributed by atoms with E-state index in [0.717, 1.165) is 6.42 Å². The standard InChI is InChI=1S/C11H16N2O/c1-9(14)3-4-11(12-2)10-5-7-13-8-6-10/h5-8,11-12H,3-4H2,1-2H3. The average Bonchev–Trinajstić information content (AvgIpc) is 2.20. The normalized spacial score (nSPS) is 12.4. The zero-order chi connectivity index (χ0) is 10.4. The maximum absolute atomic E-state index is 10.9. The number of hydrogen-bond acceptors (Lipinski definition) is 3. The Balaban J connectivity index is 2.58. The van der Waals surface area contributed by atoms with E-state index < -0.39 is 0 Å². The number of nitrogens with one attached hydrogen (secondary N) is 1. The van der Waals surface area contributed by atoms with E-state index in [2.05, 4.69) is 10.3 Å². The number of ketones is 1. The van der Waals surface area contributed by atoms with Crippen LogP contribution in [0.25, 0.3) is 0 Å². The maximum Gasteiger partial charge on any atom is 0.129 e. The van der Waals surface area contributed by atoms with E-state index in [1.54, 1.807) is 19.3 Å². The topological polar surface area (TPSA) is 42.0 Å². The van der Waals surface area contributed by atoms with Crippen molar-refractivity contribution in [2.75, 3.05) is 7.05 Å². The van der Waals surface area contributed by atoms with Crippen molar-refractivity contribution in [3.8, 4) is 0 Å². The molecule has 0 saturated heterocycles. The second-order valence-electron chi connectivity index (χ2n) is 3.36. The molecule has 14 heavy (non-hydrogen) atoms. The van der Waals surface area contributed by atoms with Crippen LogP contribution in [0.3, 0.4) is 0 Å². The Morgan fingerprint density at radius 1 is 1.50 bits per heavy atom. The lowest BCUT2D eigenvalue weighted by atomic mass is 10.0. The Morgan fingerprint density at radius 2 is 2.14 bits per heavy atom. The van der Waals surface area contributed by atoms with Gasteiger partial charge in [-0.15, -0.1) is 0 Å². The third kappa shape index (κ3) is 3.26. The highest BCUT2D eigenvalue weighted by Crippen LogP contribution is 2.16. The monoisotopic (exact) mass is 192 g/mol. The SMILES string of the molecule is CNC(CCC(C)=O)c1ccncc1. The van der Waals surface area contributed by atoms with Crippen molar-refractivity contribution < 1.29 is 4.79 Å². The zero-order valence-electron chi connectivity index (χ0n) is 8.66. The molecule has 0 aliphatic carbocycles. The fraction of sp³-hybridized carbons (Fsp3) is 0.455. The first kappa shape index (κ1) is 10.9. The summed E-state index contributed by atoms with van der Waals surface area (Å²) in [4.78, 5) is 14.8. The molecular formula is C11H16N2O. The van der Waals surface area contributed by atoms with Gasteiger partial charge in [0, 0.05) is 24.9 Å². The van der Waals surface area contributed by atoms with E-state index in [1.165, 1.54) is 5.56 Å². The maximum atomic E-state index is 10.9. The highest BCUT2D eigenvalue weighted by Gasteiger charge is 2.09. The second kappa shape index (κ2) is 5.50. The fourth-order valence-electron chi connectivity index (χ4n) is 1.42. The lowest BCUT2D eigenvalue weighted by Gasteiger charge is -2.15. The van der Waals surface area contributed by atoms with Gasteiger partial charge in [-0.1, -0.05) is 0 Å². The highest BCUT2D eigenvalue weighted by molar-refractivity contribution is 5.75. The lowest BCUT2D eigenvalue weighted by molar-refractivity contribution is -0.117. The molecule has 1 heterocycles. The van der Waals surface area contributed by atoms with E-state index >= 15 is 0 Å². The van der Waals surface area contributed by atoms with Gasteiger partial charge >= 0.3 is 0 Å². The van der Waals surface area contributed by atoms with Crippen LogP contribution >= 0.6 is 0 Å². The quantitative estimate of drug-likeness (QED) is 0.772. The first-order chi connectivity index (χ1) is 6.74. The molecule has 0 aliphatic rings. The predicted octanol–water partition coefficient (Wildman–Crippen LogP) is 1.71. The van der Waals surface area contributed by atoms with Crippen molar-refractivity contribution in [1.82, 2.24) is 10.3 Å². The van der Waals surface area contributed by atoms with E-state index in [1.807, 2.05) is 19.2 Å². The van der Waals surface area contributed by atoms with Crippen LogP contribution in [0.1, 0.15) is 31.4 Å². The third-order valence-electron chi connectivity index (χ3n) is 2.24. The molecule has 1 aromatic rings. The minimum Gasteiger partial charge on any atom is -0.313 e. The summed E-state index contributed by atoms with van der Waals surface area (Å²) in [6, 6.07) is 4.20. The van der Waals surface area contributed by atoms with Crippen LogP contribution in [0.5, 0.6) is 0 Å². The Bertz CT molecular complexity index is 285. The molecule has 0 fully saturated rings. The first-order valence-electron chi connectivity index (χ1n) is 4.80. The van der Waals surface area contributed by atoms with Crippen molar-refractivity contribution in [3.63, 3.8) is 0 Å². The number of Topliss-reactive ketones (excluding diaryl/α,β-unsaturated/α-hetero) is 1. The molecule has 0 bridgehead atoms. The van der Waals surface area contributed by atoms with Crippen molar-refractivity contribution in [1.29, 1.82) is 0 Å². The van der Waals surface area contributed by atoms with Crippen LogP contribution in [0.15, 0.2) is 24.5 Å². The second-order valence-corrected chi connectivity index (χ2v) is 3.36. The van der Waals surface area contributed by atoms with Gasteiger partial charge in [-0.05, 0) is 38.1 Å². The van der Waals surface area contributed by atoms with E-state index in [-0.39, 0.29) is 11.8 Å². The number of aromatic nitrogens is 1. The summed E-state index contributed by atoms with van der Waals surface area (Å²) in [7, 11) is 1.91. The van der Waals surface area contributed by atoms with Gasteiger partial charge in [0.15, 0.2) is 0 Å². The van der Waals surface area contributed by atoms with Crippen LogP contribution in [0.2, 0.25) is 0 Å². The summed E-state index contributed by atoms with van der Waals surface area (Å²) in [5.74, 6) is 0.235. The van der Waals surface area contributed by atoms with E-state index in [0.29, 0.717) is 6.42 Å². The third-order valence-corrected chi connectivity index (χ3v) is 2.24. The van der Waals surface area contributed by atoms with Crippen molar-refractivity contribution in [2.24, 2.45) is 0 Å². The molecule has 0 amide bonds. The Hall–Kier alpha value is -1.22. The summed E-state index contributed by atoms with van der Waals surface area (Å²) in [6.45, 7) is 1.62. The van der Waals surface area contributed by atoms with Gasteiger partial charge in [0.2, 0.25) is 0 Å². The molecule has 1 aromatic heterocycles. The molecule has 1 unspecified atom stereocenters. The molecular weight excluding hydrogens is 176 g/mol. The van der Waals surface area contributed by atoms with Crippen molar-refractivity contribution in [3.05, 3.63) is 30.1 Å². The number of nitrogens with zero attached hydrogens (tertiary/aromatic N) is 1. The van der Waals surface area contributed by atoms with Gasteiger partial charge in [0.25, 0.3) is 0 Å². The molecule has 3 nitrogen and oxygen atoms in total. The average molecular weight is 192 g/mol. The van der Waals surface area contributed by atoms with E-state index in [9.17, 15) is 4.79 Å². The molecule has 3 heteroatoms. The first-order valence-corrected chi connectivity index (χ1v) is 4.80. The number of carbonyl (C=O) groups is 1. The minimum absolute atomic E-state index is 0.235. The molecule has 1 atom stereocenters. The molecule has 1 N–H and O–H groups in total. The Labute approximate surface area is 84.6 Å². The lowest BCUT2D eigenvalue weighted by Crippen LogP contribution is -2.17. The van der Waals surface area contributed by atoms with Gasteiger partial charge in [-0.3, -0.25) is 4.98 Å². The van der Waals surface area contributed by atoms with Gasteiger partial charge in [0.1, 0.15) is 5.78 Å². The van der Waals surface area contributed by atoms with Crippen LogP contribution in [0, 0.1) is 0 Å². The summed E-state index contributed by atoms with van der Waals surface area (Å²) in [5, 5.41) is 3.19.